The summed E-state index contributed by atoms with van der Waals surface area (Å²) in [6, 6.07) is 17.4. The van der Waals surface area contributed by atoms with Crippen LogP contribution >= 0.6 is 0 Å². The minimum atomic E-state index is -0.406. The molecule has 2 amide bonds. The van der Waals surface area contributed by atoms with Crippen molar-refractivity contribution in [1.82, 2.24) is 10.6 Å². The lowest BCUT2D eigenvalue weighted by atomic mass is 9.81. The SMILES string of the molecule is C[N+]1=C(/C=C/C=C/C=C2/N(CCCCCC(=O)NCCOCCOCCOCCOCCOCCOCCOCCNC(=O)OC3/C=C/CCCCC3)c3ccccc3C2(C)C)C(C)(C)c2ccccc21. The number of nitrogens with one attached hydrogen (secondary N) is 2. The van der Waals surface area contributed by atoms with Gasteiger partial charge in [0.15, 0.2) is 5.71 Å². The number of rotatable bonds is 34. The average Bonchev–Trinajstić information content (AvgIpc) is 3.68. The van der Waals surface area contributed by atoms with Gasteiger partial charge in [-0.25, -0.2) is 4.79 Å². The van der Waals surface area contributed by atoms with E-state index in [1.807, 2.05) is 6.08 Å². The van der Waals surface area contributed by atoms with Crippen LogP contribution in [0.2, 0.25) is 0 Å². The molecule has 14 heteroatoms. The fourth-order valence-electron chi connectivity index (χ4n) is 9.18. The van der Waals surface area contributed by atoms with E-state index in [2.05, 4.69) is 140 Å². The van der Waals surface area contributed by atoms with Crippen molar-refractivity contribution in [2.24, 2.45) is 0 Å². The van der Waals surface area contributed by atoms with Crippen molar-refractivity contribution in [3.8, 4) is 0 Å². The summed E-state index contributed by atoms with van der Waals surface area (Å²) in [5.74, 6) is 0.0584. The summed E-state index contributed by atoms with van der Waals surface area (Å²) in [6.45, 7) is 17.4. The van der Waals surface area contributed by atoms with Crippen molar-refractivity contribution in [1.29, 1.82) is 0 Å². The molecule has 0 saturated heterocycles. The van der Waals surface area contributed by atoms with Crippen molar-refractivity contribution >= 4 is 29.1 Å². The standard InChI is InChI=1S/C57H84N4O10/c1-56(2)48-23-16-18-25-50(48)60(5)52(56)27-13-9-14-28-53-57(3,4)49-24-17-19-26-51(49)61(53)32-20-10-15-29-54(62)58-30-33-64-35-37-66-39-41-68-43-45-70-46-44-69-42-40-67-38-36-65-34-31-59-55(63)71-47-21-11-7-6-8-12-22-47/h9,11,13-14,16-19,21,23-28,47H,6-8,10,12,15,20,22,29-46H2,1-5H3,(H-,58,59,62,63)/p+1/b21-11+. The number of unbranched alkanes of at least 4 members (excludes halogenated alkanes) is 2. The van der Waals surface area contributed by atoms with Crippen LogP contribution in [0.25, 0.3) is 0 Å². The third-order valence-corrected chi connectivity index (χ3v) is 13.0. The van der Waals surface area contributed by atoms with Gasteiger partial charge in [-0.15, -0.1) is 0 Å². The van der Waals surface area contributed by atoms with Gasteiger partial charge in [0.05, 0.1) is 97.9 Å². The van der Waals surface area contributed by atoms with E-state index in [9.17, 15) is 9.59 Å². The summed E-state index contributed by atoms with van der Waals surface area (Å²) in [7, 11) is 2.15. The number of amides is 2. The molecule has 1 atom stereocenters. The molecule has 1 aliphatic carbocycles. The second-order valence-electron chi connectivity index (χ2n) is 19.1. The van der Waals surface area contributed by atoms with Gasteiger partial charge in [0.25, 0.3) is 0 Å². The molecular formula is C57H85N4O10+. The summed E-state index contributed by atoms with van der Waals surface area (Å²) < 4.78 is 46.6. The van der Waals surface area contributed by atoms with Crippen molar-refractivity contribution in [2.45, 2.75) is 102 Å². The highest BCUT2D eigenvalue weighted by molar-refractivity contribution is 6.03. The summed E-state index contributed by atoms with van der Waals surface area (Å²) in [6.07, 6.45) is 23.2. The van der Waals surface area contributed by atoms with Crippen LogP contribution in [0.4, 0.5) is 16.2 Å². The number of para-hydroxylation sites is 2. The van der Waals surface area contributed by atoms with Crippen LogP contribution in [0.3, 0.4) is 0 Å². The van der Waals surface area contributed by atoms with Crippen LogP contribution in [0.15, 0.2) is 96.8 Å². The fourth-order valence-corrected chi connectivity index (χ4v) is 9.18. The predicted molar refractivity (Wildman–Crippen MR) is 281 cm³/mol. The highest BCUT2D eigenvalue weighted by Gasteiger charge is 2.42. The van der Waals surface area contributed by atoms with Gasteiger partial charge in [0.1, 0.15) is 13.2 Å². The summed E-state index contributed by atoms with van der Waals surface area (Å²) in [4.78, 5) is 27.0. The van der Waals surface area contributed by atoms with E-state index in [-0.39, 0.29) is 22.8 Å². The topological polar surface area (TPSA) is 138 Å². The second-order valence-corrected chi connectivity index (χ2v) is 19.1. The summed E-state index contributed by atoms with van der Waals surface area (Å²) in [5.41, 5.74) is 7.65. The maximum absolute atomic E-state index is 12.5. The summed E-state index contributed by atoms with van der Waals surface area (Å²) >= 11 is 0. The molecule has 2 heterocycles. The molecule has 5 rings (SSSR count). The van der Waals surface area contributed by atoms with Gasteiger partial charge in [-0.3, -0.25) is 4.79 Å². The van der Waals surface area contributed by atoms with E-state index in [0.717, 1.165) is 45.1 Å². The van der Waals surface area contributed by atoms with Gasteiger partial charge in [-0.2, -0.15) is 4.58 Å². The number of benzene rings is 2. The van der Waals surface area contributed by atoms with Crippen molar-refractivity contribution < 1.29 is 52.1 Å². The largest absolute Gasteiger partial charge is 0.442 e. The molecule has 71 heavy (non-hydrogen) atoms. The first kappa shape index (κ1) is 57.2. The number of hydrogen-bond acceptors (Lipinski definition) is 11. The van der Waals surface area contributed by atoms with Crippen LogP contribution in [0, 0.1) is 0 Å². The van der Waals surface area contributed by atoms with Crippen LogP contribution in [-0.2, 0) is 53.5 Å². The van der Waals surface area contributed by atoms with Crippen LogP contribution in [-0.4, -0.2) is 148 Å². The van der Waals surface area contributed by atoms with Gasteiger partial charge in [0, 0.05) is 60.6 Å². The maximum atomic E-state index is 12.5. The quantitative estimate of drug-likeness (QED) is 0.0301. The molecule has 2 N–H and O–H groups in total. The molecule has 0 radical (unpaired) electrons. The molecule has 0 spiro atoms. The number of anilines is 1. The molecule has 1 unspecified atom stereocenters. The Labute approximate surface area is 424 Å². The first-order valence-electron chi connectivity index (χ1n) is 26.2. The number of nitrogens with zero attached hydrogens (tertiary/aromatic N) is 2. The average molecular weight is 986 g/mol. The minimum Gasteiger partial charge on any atom is -0.442 e. The van der Waals surface area contributed by atoms with Crippen LogP contribution < -0.4 is 15.5 Å². The number of ether oxygens (including phenoxy) is 8. The molecule has 2 aromatic rings. The molecule has 14 nitrogen and oxygen atoms in total. The van der Waals surface area contributed by atoms with E-state index in [1.54, 1.807) is 0 Å². The van der Waals surface area contributed by atoms with E-state index >= 15 is 0 Å². The second kappa shape index (κ2) is 32.4. The number of carbonyl (C=O) groups excluding carboxylic acids is 2. The summed E-state index contributed by atoms with van der Waals surface area (Å²) in [5, 5.41) is 5.71. The van der Waals surface area contributed by atoms with E-state index in [1.165, 1.54) is 46.8 Å². The van der Waals surface area contributed by atoms with Gasteiger partial charge in [-0.1, -0.05) is 87.4 Å². The number of allylic oxidation sites excluding steroid dienone is 7. The highest BCUT2D eigenvalue weighted by atomic mass is 16.6. The lowest BCUT2D eigenvalue weighted by Gasteiger charge is -2.27. The van der Waals surface area contributed by atoms with Crippen molar-refractivity contribution in [3.05, 3.63) is 108 Å². The Morgan fingerprint density at radius 3 is 1.86 bits per heavy atom. The van der Waals surface area contributed by atoms with Gasteiger partial charge in [0.2, 0.25) is 11.6 Å². The zero-order valence-electron chi connectivity index (χ0n) is 43.6. The highest BCUT2D eigenvalue weighted by Crippen LogP contribution is 2.47. The molecule has 2 aliphatic heterocycles. The minimum absolute atomic E-state index is 0.0499. The monoisotopic (exact) mass is 986 g/mol. The molecule has 3 aliphatic rings. The van der Waals surface area contributed by atoms with Crippen LogP contribution in [0.5, 0.6) is 0 Å². The lowest BCUT2D eigenvalue weighted by molar-refractivity contribution is -0.401. The maximum Gasteiger partial charge on any atom is 0.407 e. The molecule has 0 bridgehead atoms. The number of hydrogen-bond donors (Lipinski definition) is 2. The molecule has 0 aromatic heterocycles. The normalized spacial score (nSPS) is 18.2. The van der Waals surface area contributed by atoms with Gasteiger partial charge in [-0.05, 0) is 76.2 Å². The Balaban J connectivity index is 0.785. The first-order valence-corrected chi connectivity index (χ1v) is 26.2. The first-order chi connectivity index (χ1) is 34.6. The zero-order valence-corrected chi connectivity index (χ0v) is 43.6. The molecule has 0 saturated carbocycles. The number of carbonyl (C=O) groups is 2. The third kappa shape index (κ3) is 19.7. The Morgan fingerprint density at radius 2 is 1.23 bits per heavy atom. The van der Waals surface area contributed by atoms with E-state index in [0.29, 0.717) is 112 Å². The molecule has 2 aromatic carbocycles. The predicted octanol–water partition coefficient (Wildman–Crippen LogP) is 8.89. The van der Waals surface area contributed by atoms with E-state index < -0.39 is 6.09 Å². The smallest absolute Gasteiger partial charge is 0.407 e. The third-order valence-electron chi connectivity index (χ3n) is 13.0. The van der Waals surface area contributed by atoms with Crippen LogP contribution in [0.1, 0.15) is 96.6 Å². The van der Waals surface area contributed by atoms with Gasteiger partial charge < -0.3 is 53.4 Å². The zero-order chi connectivity index (χ0) is 50.4. The van der Waals surface area contributed by atoms with Crippen molar-refractivity contribution in [3.63, 3.8) is 0 Å². The van der Waals surface area contributed by atoms with E-state index in [4.69, 9.17) is 37.9 Å². The van der Waals surface area contributed by atoms with Crippen molar-refractivity contribution in [2.75, 3.05) is 124 Å². The number of alkyl carbamates (subject to hydrolysis) is 1. The Bertz CT molecular complexity index is 2050. The lowest BCUT2D eigenvalue weighted by Crippen LogP contribution is -2.31. The van der Waals surface area contributed by atoms with Gasteiger partial charge >= 0.3 is 6.09 Å². The Kier molecular flexibility index (Phi) is 26.1. The Hall–Kier alpha value is -4.67. The molecular weight excluding hydrogens is 901 g/mol. The molecule has 0 fully saturated rings. The Morgan fingerprint density at radius 1 is 0.648 bits per heavy atom. The number of fused-ring (bicyclic) bond motifs is 2. The fraction of sp³-hybridized carbons (Fsp3) is 0.596. The molecule has 392 valence electrons.